The number of halogens is 2. The average molecular weight is 188 g/mol. The smallest absolute Gasteiger partial charge is 0.228 e. The molecule has 1 rings (SSSR count). The van der Waals surface area contributed by atoms with E-state index in [0.717, 1.165) is 6.07 Å². The normalized spacial score (nSPS) is 9.46. The Morgan fingerprint density at radius 2 is 2.00 bits per heavy atom. The van der Waals surface area contributed by atoms with Crippen LogP contribution in [0.2, 0.25) is 0 Å². The van der Waals surface area contributed by atoms with Crippen molar-refractivity contribution in [2.75, 3.05) is 0 Å². The molecule has 0 radical (unpaired) electrons. The third-order valence-electron chi connectivity index (χ3n) is 1.52. The van der Waals surface area contributed by atoms with Gasteiger partial charge in [0.05, 0.1) is 5.56 Å². The van der Waals surface area contributed by atoms with Crippen molar-refractivity contribution in [2.24, 2.45) is 0 Å². The lowest BCUT2D eigenvalue weighted by atomic mass is 10.1. The summed E-state index contributed by atoms with van der Waals surface area (Å²) < 4.78 is 23.7. The fourth-order valence-corrected chi connectivity index (χ4v) is 0.933. The van der Waals surface area contributed by atoms with Gasteiger partial charge in [-0.15, -0.1) is 0 Å². The first-order valence-corrected chi connectivity index (χ1v) is 3.41. The zero-order chi connectivity index (χ0) is 9.84. The molecule has 5 heteroatoms. The van der Waals surface area contributed by atoms with Crippen LogP contribution in [0.4, 0.5) is 9.05 Å². The number of Topliss-reactive ketones (excluding diaryl/α,β-unsaturated/α-hetero) is 1. The van der Waals surface area contributed by atoms with Crippen LogP contribution in [0.1, 0.15) is 17.3 Å². The zero-order valence-corrected chi connectivity index (χ0v) is 6.71. The Kier molecular flexibility index (Phi) is 2.79. The molecule has 0 spiro atoms. The van der Waals surface area contributed by atoms with Crippen molar-refractivity contribution in [1.29, 1.82) is 0 Å². The monoisotopic (exact) mass is 188 g/mol. The Morgan fingerprint density at radius 3 is 2.46 bits per heavy atom. The number of rotatable bonds is 3. The van der Waals surface area contributed by atoms with Crippen molar-refractivity contribution in [1.82, 2.24) is 0 Å². The van der Waals surface area contributed by atoms with Crippen molar-refractivity contribution in [3.63, 3.8) is 0 Å². The summed E-state index contributed by atoms with van der Waals surface area (Å²) >= 11 is 0. The molecule has 70 valence electrons. The summed E-state index contributed by atoms with van der Waals surface area (Å²) in [6.45, 7) is 1.21. The maximum Gasteiger partial charge on any atom is 0.228 e. The topological polar surface area (TPSA) is 35.5 Å². The van der Waals surface area contributed by atoms with E-state index in [0.29, 0.717) is 0 Å². The minimum absolute atomic E-state index is 0.0716. The van der Waals surface area contributed by atoms with Gasteiger partial charge in [-0.2, -0.15) is 0 Å². The minimum atomic E-state index is -0.544. The van der Waals surface area contributed by atoms with Gasteiger partial charge in [0.2, 0.25) is 11.5 Å². The molecule has 0 amide bonds. The van der Waals surface area contributed by atoms with Gasteiger partial charge in [-0.05, 0) is 19.1 Å². The van der Waals surface area contributed by atoms with Crippen LogP contribution in [0, 0.1) is 0 Å². The summed E-state index contributed by atoms with van der Waals surface area (Å²) in [6, 6.07) is 3.80. The van der Waals surface area contributed by atoms with Gasteiger partial charge in [-0.3, -0.25) is 14.7 Å². The quantitative estimate of drug-likeness (QED) is 0.683. The first-order valence-electron chi connectivity index (χ1n) is 3.41. The molecule has 3 nitrogen and oxygen atoms in total. The fourth-order valence-electron chi connectivity index (χ4n) is 0.933. The van der Waals surface area contributed by atoms with Crippen LogP contribution in [0.5, 0.6) is 11.5 Å². The second-order valence-electron chi connectivity index (χ2n) is 2.34. The number of para-hydroxylation sites is 1. The maximum absolute atomic E-state index is 11.9. The standard InChI is InChI=1S/C8H6F2O3/c1-5(11)6-3-2-4-7(12-9)8(6)13-10/h2-4H,1H3. The third kappa shape index (κ3) is 1.74. The molecular weight excluding hydrogens is 182 g/mol. The highest BCUT2D eigenvalue weighted by Gasteiger charge is 2.15. The van der Waals surface area contributed by atoms with E-state index in [2.05, 4.69) is 9.88 Å². The number of hydrogen-bond acceptors (Lipinski definition) is 3. The summed E-state index contributed by atoms with van der Waals surface area (Å²) in [4.78, 5) is 17.5. The predicted octanol–water partition coefficient (Wildman–Crippen LogP) is 2.42. The molecule has 0 saturated carbocycles. The maximum atomic E-state index is 11.9. The van der Waals surface area contributed by atoms with Crippen molar-refractivity contribution in [3.8, 4) is 11.5 Å². The highest BCUT2D eigenvalue weighted by Crippen LogP contribution is 2.31. The van der Waals surface area contributed by atoms with E-state index in [1.54, 1.807) is 0 Å². The molecule has 0 saturated heterocycles. The largest absolute Gasteiger partial charge is 0.294 e. The van der Waals surface area contributed by atoms with Gasteiger partial charge in [0.1, 0.15) is 0 Å². The summed E-state index contributed by atoms with van der Waals surface area (Å²) in [5.74, 6) is -1.45. The van der Waals surface area contributed by atoms with Gasteiger partial charge >= 0.3 is 0 Å². The van der Waals surface area contributed by atoms with Crippen molar-refractivity contribution >= 4 is 5.78 Å². The molecule has 0 aliphatic heterocycles. The van der Waals surface area contributed by atoms with Gasteiger partial charge in [-0.1, -0.05) is 6.07 Å². The number of ketones is 1. The lowest BCUT2D eigenvalue weighted by Gasteiger charge is -2.03. The highest BCUT2D eigenvalue weighted by atomic mass is 19.3. The molecule has 13 heavy (non-hydrogen) atoms. The van der Waals surface area contributed by atoms with Crippen LogP contribution in [-0.2, 0) is 0 Å². The van der Waals surface area contributed by atoms with E-state index >= 15 is 0 Å². The summed E-state index contributed by atoms with van der Waals surface area (Å²) in [6.07, 6.45) is 0. The van der Waals surface area contributed by atoms with E-state index in [4.69, 9.17) is 0 Å². The van der Waals surface area contributed by atoms with Gasteiger partial charge in [0.15, 0.2) is 5.78 Å². The molecule has 0 atom stereocenters. The lowest BCUT2D eigenvalue weighted by Crippen LogP contribution is -1.96. The van der Waals surface area contributed by atoms with Gasteiger partial charge in [-0.25, -0.2) is 0 Å². The van der Waals surface area contributed by atoms with Crippen molar-refractivity contribution in [3.05, 3.63) is 23.8 Å². The lowest BCUT2D eigenvalue weighted by molar-refractivity contribution is -0.0392. The van der Waals surface area contributed by atoms with Gasteiger partial charge in [0.25, 0.3) is 0 Å². The Labute approximate surface area is 72.7 Å². The van der Waals surface area contributed by atoms with Crippen LogP contribution >= 0.6 is 0 Å². The number of hydrogen-bond donors (Lipinski definition) is 0. The highest BCUT2D eigenvalue weighted by molar-refractivity contribution is 5.97. The molecular formula is C8H6F2O3. The van der Waals surface area contributed by atoms with Crippen LogP contribution < -0.4 is 9.88 Å². The third-order valence-corrected chi connectivity index (χ3v) is 1.52. The van der Waals surface area contributed by atoms with E-state index in [-0.39, 0.29) is 5.56 Å². The summed E-state index contributed by atoms with van der Waals surface area (Å²) in [7, 11) is 0. The van der Waals surface area contributed by atoms with Crippen LogP contribution in [0.15, 0.2) is 18.2 Å². The molecule has 1 aromatic rings. The second-order valence-corrected chi connectivity index (χ2v) is 2.34. The Bertz CT molecular complexity index is 325. The molecule has 0 N–H and O–H groups in total. The molecule has 0 bridgehead atoms. The molecule has 0 aliphatic carbocycles. The van der Waals surface area contributed by atoms with Gasteiger partial charge < -0.3 is 0 Å². The second kappa shape index (κ2) is 3.84. The summed E-state index contributed by atoms with van der Waals surface area (Å²) in [5, 5.41) is 0. The Hall–Kier alpha value is -1.65. The molecule has 0 aromatic heterocycles. The predicted molar refractivity (Wildman–Crippen MR) is 39.9 cm³/mol. The van der Waals surface area contributed by atoms with Crippen LogP contribution in [0.3, 0.4) is 0 Å². The summed E-state index contributed by atoms with van der Waals surface area (Å²) in [5.41, 5.74) is -0.0716. The molecule has 0 heterocycles. The molecule has 0 aliphatic rings. The van der Waals surface area contributed by atoms with Crippen molar-refractivity contribution < 1.29 is 23.7 Å². The van der Waals surface area contributed by atoms with E-state index < -0.39 is 17.3 Å². The Morgan fingerprint density at radius 1 is 1.31 bits per heavy atom. The average Bonchev–Trinajstić information content (AvgIpc) is 2.16. The van der Waals surface area contributed by atoms with Gasteiger partial charge in [0, 0.05) is 9.05 Å². The fraction of sp³-hybridized carbons (Fsp3) is 0.125. The van der Waals surface area contributed by atoms with E-state index in [1.165, 1.54) is 19.1 Å². The van der Waals surface area contributed by atoms with Crippen LogP contribution in [0.25, 0.3) is 0 Å². The Balaban J connectivity index is 3.27. The molecule has 1 aromatic carbocycles. The number of benzene rings is 1. The number of carbonyl (C=O) groups excluding carboxylic acids is 1. The SMILES string of the molecule is CC(=O)c1cccc(OF)c1OF. The van der Waals surface area contributed by atoms with Crippen molar-refractivity contribution in [2.45, 2.75) is 6.92 Å². The molecule has 0 fully saturated rings. The first kappa shape index (κ1) is 9.44. The number of carbonyl (C=O) groups is 1. The van der Waals surface area contributed by atoms with E-state index in [1.807, 2.05) is 0 Å². The molecule has 0 unspecified atom stereocenters. The first-order chi connectivity index (χ1) is 6.20. The van der Waals surface area contributed by atoms with E-state index in [9.17, 15) is 13.8 Å². The zero-order valence-electron chi connectivity index (χ0n) is 6.71. The van der Waals surface area contributed by atoms with Crippen LogP contribution in [-0.4, -0.2) is 5.78 Å². The minimum Gasteiger partial charge on any atom is -0.294 e.